The topological polar surface area (TPSA) is 115 Å². The van der Waals surface area contributed by atoms with Crippen LogP contribution in [-0.2, 0) is 14.3 Å². The lowest BCUT2D eigenvalue weighted by Gasteiger charge is -2.34. The number of carbonyl (C=O) groups is 4. The molecule has 30 heavy (non-hydrogen) atoms. The monoisotopic (exact) mass is 437 g/mol. The van der Waals surface area contributed by atoms with Gasteiger partial charge in [-0.3, -0.25) is 9.59 Å². The average Bonchev–Trinajstić information content (AvgIpc) is 2.74. The summed E-state index contributed by atoms with van der Waals surface area (Å²) in [4.78, 5) is 62.3. The predicted octanol–water partition coefficient (Wildman–Crippen LogP) is 0.0998. The molecule has 1 saturated heterocycles. The molecule has 162 valence electrons. The van der Waals surface area contributed by atoms with Gasteiger partial charge in [0.15, 0.2) is 5.92 Å². The van der Waals surface area contributed by atoms with Crippen LogP contribution in [0.25, 0.3) is 0 Å². The van der Waals surface area contributed by atoms with Gasteiger partial charge in [0.05, 0.1) is 26.5 Å². The fourth-order valence-electron chi connectivity index (χ4n) is 3.38. The lowest BCUT2D eigenvalue weighted by Crippen LogP contribution is -2.55. The number of aliphatic imine (C=N–C) groups is 2. The van der Waals surface area contributed by atoms with E-state index in [2.05, 4.69) is 9.98 Å². The van der Waals surface area contributed by atoms with Crippen molar-refractivity contribution in [3.8, 4) is 0 Å². The van der Waals surface area contributed by atoms with Crippen LogP contribution in [0.3, 0.4) is 0 Å². The van der Waals surface area contributed by atoms with Gasteiger partial charge in [0.25, 0.3) is 5.84 Å². The van der Waals surface area contributed by atoms with Crippen molar-refractivity contribution in [3.63, 3.8) is 0 Å². The van der Waals surface area contributed by atoms with Gasteiger partial charge in [-0.25, -0.2) is 14.6 Å². The predicted molar refractivity (Wildman–Crippen MR) is 111 cm³/mol. The largest absolute Gasteiger partial charge is 0.450 e. The third-order valence-corrected chi connectivity index (χ3v) is 6.06. The molecule has 3 aliphatic rings. The molecule has 1 fully saturated rings. The summed E-state index contributed by atoms with van der Waals surface area (Å²) in [7, 11) is 2.98. The maximum Gasteiger partial charge on any atom is 0.445 e. The Bertz CT molecular complexity index is 874. The van der Waals surface area contributed by atoms with Gasteiger partial charge in [0.2, 0.25) is 11.7 Å². The van der Waals surface area contributed by atoms with Gasteiger partial charge in [-0.1, -0.05) is 16.8 Å². The van der Waals surface area contributed by atoms with Gasteiger partial charge >= 0.3 is 18.0 Å². The molecule has 3 heterocycles. The van der Waals surface area contributed by atoms with Crippen LogP contribution in [0.2, 0.25) is 0 Å². The number of ether oxygens (including phenoxy) is 1. The number of carbonyl (C=O) groups excluding carboxylic acids is 4. The summed E-state index contributed by atoms with van der Waals surface area (Å²) in [6.07, 6.45) is -0.369. The maximum atomic E-state index is 12.7. The van der Waals surface area contributed by atoms with E-state index in [-0.39, 0.29) is 17.8 Å². The molecule has 0 aliphatic carbocycles. The lowest BCUT2D eigenvalue weighted by molar-refractivity contribution is -0.407. The third kappa shape index (κ3) is 4.23. The first-order valence-electron chi connectivity index (χ1n) is 9.62. The molecule has 0 N–H and O–H groups in total. The highest BCUT2D eigenvalue weighted by Gasteiger charge is 2.48. The number of piperazine rings is 1. The summed E-state index contributed by atoms with van der Waals surface area (Å²) in [5, 5.41) is 0.451. The summed E-state index contributed by atoms with van der Waals surface area (Å²) >= 11 is 1.18. The summed E-state index contributed by atoms with van der Waals surface area (Å²) in [6, 6.07) is -0.454. The summed E-state index contributed by atoms with van der Waals surface area (Å²) in [5.41, 5.74) is 0. The van der Waals surface area contributed by atoms with E-state index in [1.807, 2.05) is 0 Å². The van der Waals surface area contributed by atoms with E-state index in [1.54, 1.807) is 30.7 Å². The fourth-order valence-corrected chi connectivity index (χ4v) is 4.40. The Morgan fingerprint density at radius 2 is 1.80 bits per heavy atom. The van der Waals surface area contributed by atoms with Crippen LogP contribution in [0.5, 0.6) is 0 Å². The lowest BCUT2D eigenvalue weighted by atomic mass is 10.1. The molecule has 12 heteroatoms. The minimum Gasteiger partial charge on any atom is -0.450 e. The van der Waals surface area contributed by atoms with Crippen molar-refractivity contribution in [1.29, 1.82) is 0 Å². The Hall–Kier alpha value is -2.76. The van der Waals surface area contributed by atoms with Crippen molar-refractivity contribution < 1.29 is 28.5 Å². The first-order valence-corrected chi connectivity index (χ1v) is 10.6. The molecule has 1 unspecified atom stereocenters. The van der Waals surface area contributed by atoms with E-state index in [9.17, 15) is 19.2 Å². The van der Waals surface area contributed by atoms with Crippen molar-refractivity contribution in [2.75, 3.05) is 52.6 Å². The van der Waals surface area contributed by atoms with Crippen molar-refractivity contribution in [2.24, 2.45) is 15.9 Å². The zero-order valence-corrected chi connectivity index (χ0v) is 18.3. The third-order valence-electron chi connectivity index (χ3n) is 5.05. The Morgan fingerprint density at radius 1 is 1.17 bits per heavy atom. The molecule has 0 aromatic carbocycles. The van der Waals surface area contributed by atoms with Crippen LogP contribution in [-0.4, -0.2) is 113 Å². The minimum atomic E-state index is -0.792. The molecule has 1 atom stereocenters. The average molecular weight is 438 g/mol. The highest BCUT2D eigenvalue weighted by atomic mass is 32.2. The van der Waals surface area contributed by atoms with E-state index in [4.69, 9.17) is 4.74 Å². The highest BCUT2D eigenvalue weighted by Crippen LogP contribution is 2.25. The number of rotatable bonds is 3. The van der Waals surface area contributed by atoms with Crippen molar-refractivity contribution in [3.05, 3.63) is 0 Å². The van der Waals surface area contributed by atoms with Gasteiger partial charge < -0.3 is 14.5 Å². The van der Waals surface area contributed by atoms with Crippen molar-refractivity contribution in [2.45, 2.75) is 13.8 Å². The maximum absolute atomic E-state index is 12.7. The molecule has 3 aliphatic heterocycles. The molecule has 0 spiro atoms. The molecule has 0 saturated carbocycles. The fraction of sp³-hybridized carbons (Fsp3) is 0.611. The van der Waals surface area contributed by atoms with Crippen LogP contribution in [0.1, 0.15) is 13.8 Å². The first kappa shape index (κ1) is 21.9. The Kier molecular flexibility index (Phi) is 6.54. The number of imide groups is 1. The summed E-state index contributed by atoms with van der Waals surface area (Å²) < 4.78 is 6.32. The zero-order valence-electron chi connectivity index (χ0n) is 17.5. The van der Waals surface area contributed by atoms with E-state index >= 15 is 0 Å². The van der Waals surface area contributed by atoms with Gasteiger partial charge in [-0.05, 0) is 6.92 Å². The molecule has 0 bridgehead atoms. The summed E-state index contributed by atoms with van der Waals surface area (Å²) in [6.45, 7) is 5.42. The number of fused-ring (bicyclic) bond motifs is 1. The number of amidine groups is 2. The number of urea groups is 1. The van der Waals surface area contributed by atoms with E-state index in [1.165, 1.54) is 23.4 Å². The molecule has 0 aromatic rings. The van der Waals surface area contributed by atoms with Crippen molar-refractivity contribution in [1.82, 2.24) is 14.7 Å². The highest BCUT2D eigenvalue weighted by molar-refractivity contribution is 8.14. The standard InChI is InChI=1S/C18H25N6O5S/c1-5-29-18(28)24-8-6-23(7-9-24)12(25)10-30-15-13-14(19-11(2)20-15)21(3)17(27)22(4)16(13)26/h13H,5-10H2,1-4H3/q+1. The normalized spacial score (nSPS) is 22.0. The van der Waals surface area contributed by atoms with Crippen LogP contribution in [0.4, 0.5) is 9.59 Å². The molecule has 11 nitrogen and oxygen atoms in total. The smallest absolute Gasteiger partial charge is 0.445 e. The van der Waals surface area contributed by atoms with Gasteiger partial charge in [0, 0.05) is 33.1 Å². The molecule has 5 amide bonds. The molecule has 3 rings (SSSR count). The molecule has 0 radical (unpaired) electrons. The Labute approximate surface area is 178 Å². The molecule has 0 aromatic heterocycles. The van der Waals surface area contributed by atoms with E-state index in [0.717, 1.165) is 4.90 Å². The summed E-state index contributed by atoms with van der Waals surface area (Å²) in [5.74, 6) is -0.450. The van der Waals surface area contributed by atoms with Gasteiger partial charge in [-0.2, -0.15) is 9.48 Å². The number of thioether (sulfide) groups is 1. The van der Waals surface area contributed by atoms with Crippen LogP contribution < -0.4 is 0 Å². The Morgan fingerprint density at radius 3 is 2.43 bits per heavy atom. The molecular formula is C18H25N6O5S+. The minimum absolute atomic E-state index is 0.101. The first-order chi connectivity index (χ1) is 14.2. The number of amides is 5. The quantitative estimate of drug-likeness (QED) is 0.579. The van der Waals surface area contributed by atoms with Crippen LogP contribution in [0.15, 0.2) is 9.98 Å². The number of hydrogen-bond donors (Lipinski definition) is 0. The van der Waals surface area contributed by atoms with Crippen LogP contribution >= 0.6 is 11.8 Å². The second kappa shape index (κ2) is 8.94. The molecular weight excluding hydrogens is 412 g/mol. The van der Waals surface area contributed by atoms with Gasteiger partial charge in [-0.15, -0.1) is 0 Å². The van der Waals surface area contributed by atoms with E-state index < -0.39 is 17.9 Å². The number of nitrogens with zero attached hydrogens (tertiary/aromatic N) is 6. The van der Waals surface area contributed by atoms with Gasteiger partial charge in [0.1, 0.15) is 5.04 Å². The van der Waals surface area contributed by atoms with Crippen LogP contribution in [0, 0.1) is 5.92 Å². The second-order valence-corrected chi connectivity index (χ2v) is 7.99. The second-order valence-electron chi connectivity index (χ2n) is 6.99. The SMILES string of the molecule is CCOC(=O)N1CCN(C(=O)CSC2=NC(C)=NC3=[N+](C)C(=O)N(C)C(=O)C23)CC1. The van der Waals surface area contributed by atoms with Crippen molar-refractivity contribution >= 4 is 52.4 Å². The Balaban J connectivity index is 1.64. The number of hydrogen-bond acceptors (Lipinski definition) is 8. The van der Waals surface area contributed by atoms with E-state index in [0.29, 0.717) is 49.5 Å². The zero-order chi connectivity index (χ0) is 22.0.